The summed E-state index contributed by atoms with van der Waals surface area (Å²) in [4.78, 5) is 11.6. The second-order valence-electron chi connectivity index (χ2n) is 6.19. The molecule has 0 saturated heterocycles. The third kappa shape index (κ3) is 3.70. The van der Waals surface area contributed by atoms with Gasteiger partial charge in [-0.1, -0.05) is 20.3 Å². The highest BCUT2D eigenvalue weighted by Crippen LogP contribution is 2.44. The number of carbonyl (C=O) groups is 1. The van der Waals surface area contributed by atoms with Gasteiger partial charge in [-0.25, -0.2) is 0 Å². The van der Waals surface area contributed by atoms with Crippen LogP contribution in [0.25, 0.3) is 0 Å². The molecule has 2 bridgehead atoms. The van der Waals surface area contributed by atoms with Gasteiger partial charge in [0.15, 0.2) is 0 Å². The van der Waals surface area contributed by atoms with Crippen LogP contribution in [0.2, 0.25) is 0 Å². The molecule has 2 N–H and O–H groups in total. The van der Waals surface area contributed by atoms with Crippen LogP contribution in [0.1, 0.15) is 46.0 Å². The van der Waals surface area contributed by atoms with Crippen molar-refractivity contribution in [2.24, 2.45) is 17.8 Å². The molecule has 0 radical (unpaired) electrons. The third-order valence-electron chi connectivity index (χ3n) is 4.31. The van der Waals surface area contributed by atoms with Gasteiger partial charge in [-0.15, -0.1) is 0 Å². The van der Waals surface area contributed by atoms with Gasteiger partial charge in [-0.2, -0.15) is 0 Å². The van der Waals surface area contributed by atoms with Crippen molar-refractivity contribution in [2.75, 3.05) is 13.1 Å². The number of rotatable bonds is 6. The van der Waals surface area contributed by atoms with Gasteiger partial charge in [0.1, 0.15) is 0 Å². The summed E-state index contributed by atoms with van der Waals surface area (Å²) < 4.78 is 0. The number of amides is 1. The van der Waals surface area contributed by atoms with Crippen LogP contribution in [-0.4, -0.2) is 25.0 Å². The zero-order valence-corrected chi connectivity index (χ0v) is 11.2. The van der Waals surface area contributed by atoms with Crippen molar-refractivity contribution in [1.82, 2.24) is 10.6 Å². The molecular weight excluding hydrogens is 212 g/mol. The molecular formula is C14H26N2O. The Morgan fingerprint density at radius 1 is 1.29 bits per heavy atom. The molecule has 17 heavy (non-hydrogen) atoms. The first kappa shape index (κ1) is 12.9. The Morgan fingerprint density at radius 2 is 2.12 bits per heavy atom. The predicted molar refractivity (Wildman–Crippen MR) is 69.7 cm³/mol. The van der Waals surface area contributed by atoms with Crippen molar-refractivity contribution in [3.05, 3.63) is 0 Å². The first-order valence-corrected chi connectivity index (χ1v) is 7.15. The minimum absolute atomic E-state index is 0.161. The highest BCUT2D eigenvalue weighted by atomic mass is 16.1. The highest BCUT2D eigenvalue weighted by molar-refractivity contribution is 5.77. The largest absolute Gasteiger partial charge is 0.355 e. The lowest BCUT2D eigenvalue weighted by Gasteiger charge is -2.22. The minimum Gasteiger partial charge on any atom is -0.355 e. The SMILES string of the molecule is CC(C)CCNC(=O)CNC1CC2CCC1C2. The van der Waals surface area contributed by atoms with Gasteiger partial charge < -0.3 is 10.6 Å². The molecule has 2 fully saturated rings. The maximum absolute atomic E-state index is 11.6. The lowest BCUT2D eigenvalue weighted by molar-refractivity contribution is -0.120. The van der Waals surface area contributed by atoms with E-state index in [0.717, 1.165) is 24.8 Å². The Bertz CT molecular complexity index is 265. The lowest BCUT2D eigenvalue weighted by Crippen LogP contribution is -2.41. The van der Waals surface area contributed by atoms with E-state index in [0.29, 0.717) is 18.5 Å². The van der Waals surface area contributed by atoms with E-state index >= 15 is 0 Å². The van der Waals surface area contributed by atoms with Gasteiger partial charge in [-0.3, -0.25) is 4.79 Å². The molecule has 0 spiro atoms. The normalized spacial score (nSPS) is 31.1. The molecule has 3 nitrogen and oxygen atoms in total. The Morgan fingerprint density at radius 3 is 2.71 bits per heavy atom. The van der Waals surface area contributed by atoms with Crippen LogP contribution in [0.3, 0.4) is 0 Å². The molecule has 0 heterocycles. The van der Waals surface area contributed by atoms with Gasteiger partial charge in [0, 0.05) is 12.6 Å². The summed E-state index contributed by atoms with van der Waals surface area (Å²) in [6.45, 7) is 5.68. The number of hydrogen-bond acceptors (Lipinski definition) is 2. The molecule has 0 aliphatic heterocycles. The quantitative estimate of drug-likeness (QED) is 0.742. The van der Waals surface area contributed by atoms with Crippen molar-refractivity contribution in [3.8, 4) is 0 Å². The van der Waals surface area contributed by atoms with E-state index in [4.69, 9.17) is 0 Å². The summed E-state index contributed by atoms with van der Waals surface area (Å²) >= 11 is 0. The lowest BCUT2D eigenvalue weighted by atomic mass is 9.95. The third-order valence-corrected chi connectivity index (χ3v) is 4.31. The van der Waals surface area contributed by atoms with Gasteiger partial charge in [0.25, 0.3) is 0 Å². The fraction of sp³-hybridized carbons (Fsp3) is 0.929. The summed E-state index contributed by atoms with van der Waals surface area (Å²) in [5, 5.41) is 6.42. The highest BCUT2D eigenvalue weighted by Gasteiger charge is 2.39. The van der Waals surface area contributed by atoms with Gasteiger partial charge in [0.05, 0.1) is 6.54 Å². The van der Waals surface area contributed by atoms with Crippen LogP contribution >= 0.6 is 0 Å². The van der Waals surface area contributed by atoms with E-state index in [2.05, 4.69) is 24.5 Å². The number of hydrogen-bond donors (Lipinski definition) is 2. The maximum Gasteiger partial charge on any atom is 0.233 e. The van der Waals surface area contributed by atoms with E-state index in [1.165, 1.54) is 25.7 Å². The van der Waals surface area contributed by atoms with Crippen LogP contribution in [-0.2, 0) is 4.79 Å². The van der Waals surface area contributed by atoms with Crippen LogP contribution in [0.5, 0.6) is 0 Å². The van der Waals surface area contributed by atoms with Crippen LogP contribution in [0, 0.1) is 17.8 Å². The molecule has 0 aromatic heterocycles. The van der Waals surface area contributed by atoms with Gasteiger partial charge in [0.2, 0.25) is 5.91 Å². The monoisotopic (exact) mass is 238 g/mol. The summed E-state index contributed by atoms with van der Waals surface area (Å²) in [5.74, 6) is 2.62. The molecule has 98 valence electrons. The predicted octanol–water partition coefficient (Wildman–Crippen LogP) is 1.93. The molecule has 2 aliphatic rings. The fourth-order valence-corrected chi connectivity index (χ4v) is 3.28. The smallest absolute Gasteiger partial charge is 0.233 e. The Labute approximate surface area is 105 Å². The van der Waals surface area contributed by atoms with Crippen molar-refractivity contribution < 1.29 is 4.79 Å². The second-order valence-corrected chi connectivity index (χ2v) is 6.19. The molecule has 3 unspecified atom stereocenters. The average Bonchev–Trinajstić information content (AvgIpc) is 2.87. The van der Waals surface area contributed by atoms with Crippen LogP contribution < -0.4 is 10.6 Å². The summed E-state index contributed by atoms with van der Waals surface area (Å²) in [6.07, 6.45) is 6.55. The number of carbonyl (C=O) groups excluding carboxylic acids is 1. The Kier molecular flexibility index (Phi) is 4.43. The number of fused-ring (bicyclic) bond motifs is 2. The molecule has 2 saturated carbocycles. The molecule has 2 rings (SSSR count). The van der Waals surface area contributed by atoms with Crippen LogP contribution in [0.4, 0.5) is 0 Å². The first-order valence-electron chi connectivity index (χ1n) is 7.15. The minimum atomic E-state index is 0.161. The van der Waals surface area contributed by atoms with Crippen molar-refractivity contribution in [1.29, 1.82) is 0 Å². The van der Waals surface area contributed by atoms with Gasteiger partial charge in [-0.05, 0) is 43.4 Å². The van der Waals surface area contributed by atoms with E-state index in [9.17, 15) is 4.79 Å². The zero-order valence-electron chi connectivity index (χ0n) is 11.2. The second kappa shape index (κ2) is 5.85. The van der Waals surface area contributed by atoms with Crippen molar-refractivity contribution in [3.63, 3.8) is 0 Å². The van der Waals surface area contributed by atoms with E-state index in [1.54, 1.807) is 0 Å². The van der Waals surface area contributed by atoms with E-state index < -0.39 is 0 Å². The Balaban J connectivity index is 1.57. The zero-order chi connectivity index (χ0) is 12.3. The topological polar surface area (TPSA) is 41.1 Å². The summed E-state index contributed by atoms with van der Waals surface area (Å²) in [5.41, 5.74) is 0. The molecule has 0 aromatic carbocycles. The van der Waals surface area contributed by atoms with Gasteiger partial charge >= 0.3 is 0 Å². The first-order chi connectivity index (χ1) is 8.15. The van der Waals surface area contributed by atoms with Crippen LogP contribution in [0.15, 0.2) is 0 Å². The molecule has 3 atom stereocenters. The van der Waals surface area contributed by atoms with E-state index in [-0.39, 0.29) is 5.91 Å². The average molecular weight is 238 g/mol. The number of nitrogens with one attached hydrogen (secondary N) is 2. The Hall–Kier alpha value is -0.570. The van der Waals surface area contributed by atoms with Crippen molar-refractivity contribution >= 4 is 5.91 Å². The standard InChI is InChI=1S/C14H26N2O/c1-10(2)5-6-15-14(17)9-16-13-8-11-3-4-12(13)7-11/h10-13,16H,3-9H2,1-2H3,(H,15,17). The van der Waals surface area contributed by atoms with E-state index in [1.807, 2.05) is 0 Å². The molecule has 2 aliphatic carbocycles. The molecule has 3 heteroatoms. The summed E-state index contributed by atoms with van der Waals surface area (Å²) in [7, 11) is 0. The molecule has 0 aromatic rings. The van der Waals surface area contributed by atoms with Crippen molar-refractivity contribution in [2.45, 2.75) is 52.0 Å². The summed E-state index contributed by atoms with van der Waals surface area (Å²) in [6, 6.07) is 0.615. The molecule has 1 amide bonds. The fourth-order valence-electron chi connectivity index (χ4n) is 3.28. The maximum atomic E-state index is 11.6.